The van der Waals surface area contributed by atoms with Crippen molar-refractivity contribution >= 4 is 34.6 Å². The van der Waals surface area contributed by atoms with Crippen LogP contribution in [0.4, 0.5) is 4.79 Å². The Morgan fingerprint density at radius 3 is 2.44 bits per heavy atom. The number of carbonyl (C=O) groups excluding carboxylic acids is 4. The summed E-state index contributed by atoms with van der Waals surface area (Å²) in [7, 11) is 1.28. The number of carbonyl (C=O) groups is 4. The number of aromatic hydroxyl groups is 1. The molecule has 2 aliphatic rings. The summed E-state index contributed by atoms with van der Waals surface area (Å²) in [4.78, 5) is 58.2. The first-order valence-electron chi connectivity index (χ1n) is 16.9. The third kappa shape index (κ3) is 7.28. The highest BCUT2D eigenvalue weighted by Crippen LogP contribution is 2.31. The first kappa shape index (κ1) is 34.2. The van der Waals surface area contributed by atoms with Crippen molar-refractivity contribution in [3.8, 4) is 5.75 Å². The molecule has 266 valence electrons. The number of benzene rings is 4. The quantitative estimate of drug-likeness (QED) is 0.209. The molecule has 14 heteroatoms. The molecule has 5 aromatic rings. The Balaban J connectivity index is 1.25. The number of hydrogen-bond acceptors (Lipinski definition) is 9. The highest BCUT2D eigenvalue weighted by Gasteiger charge is 2.51. The molecule has 0 saturated carbocycles. The molecule has 0 bridgehead atoms. The van der Waals surface area contributed by atoms with Gasteiger partial charge in [-0.15, -0.1) is 5.10 Å². The van der Waals surface area contributed by atoms with E-state index >= 15 is 0 Å². The van der Waals surface area contributed by atoms with Gasteiger partial charge in [-0.1, -0.05) is 90.1 Å². The van der Waals surface area contributed by atoms with Crippen LogP contribution in [0.5, 0.6) is 5.75 Å². The number of esters is 1. The van der Waals surface area contributed by atoms with Crippen LogP contribution >= 0.6 is 0 Å². The molecule has 0 unspecified atom stereocenters. The second-order valence-corrected chi connectivity index (χ2v) is 12.8. The van der Waals surface area contributed by atoms with E-state index in [2.05, 4.69) is 15.6 Å². The molecule has 0 aliphatic carbocycles. The predicted molar refractivity (Wildman–Crippen MR) is 189 cm³/mol. The lowest BCUT2D eigenvalue weighted by atomic mass is 9.97. The van der Waals surface area contributed by atoms with E-state index in [4.69, 9.17) is 4.74 Å². The number of rotatable bonds is 10. The van der Waals surface area contributed by atoms with Crippen molar-refractivity contribution in [2.24, 2.45) is 0 Å². The molecule has 2 atom stereocenters. The van der Waals surface area contributed by atoms with Crippen molar-refractivity contribution in [1.29, 1.82) is 0 Å². The van der Waals surface area contributed by atoms with Crippen LogP contribution in [0.2, 0.25) is 0 Å². The molecule has 52 heavy (non-hydrogen) atoms. The van der Waals surface area contributed by atoms with Gasteiger partial charge in [0.15, 0.2) is 0 Å². The average molecular weight is 703 g/mol. The Bertz CT molecular complexity index is 2080. The van der Waals surface area contributed by atoms with E-state index in [-0.39, 0.29) is 63.3 Å². The third-order valence-electron chi connectivity index (χ3n) is 9.38. The number of piperazine rings is 1. The van der Waals surface area contributed by atoms with Gasteiger partial charge in [0.05, 0.1) is 38.6 Å². The van der Waals surface area contributed by atoms with E-state index in [1.54, 1.807) is 40.4 Å². The van der Waals surface area contributed by atoms with Crippen molar-refractivity contribution in [3.05, 3.63) is 126 Å². The van der Waals surface area contributed by atoms with Gasteiger partial charge in [0.1, 0.15) is 24.5 Å². The van der Waals surface area contributed by atoms with E-state index < -0.39 is 24.2 Å². The van der Waals surface area contributed by atoms with Crippen LogP contribution in [0.25, 0.3) is 10.8 Å². The zero-order valence-electron chi connectivity index (χ0n) is 28.5. The number of nitrogens with zero attached hydrogens (tertiary/aromatic N) is 7. The lowest BCUT2D eigenvalue weighted by molar-refractivity contribution is -0.192. The third-order valence-corrected chi connectivity index (χ3v) is 9.38. The van der Waals surface area contributed by atoms with Gasteiger partial charge in [0, 0.05) is 19.5 Å². The van der Waals surface area contributed by atoms with Gasteiger partial charge >= 0.3 is 12.0 Å². The summed E-state index contributed by atoms with van der Waals surface area (Å²) < 4.78 is 6.08. The maximum absolute atomic E-state index is 14.5. The maximum atomic E-state index is 14.5. The van der Waals surface area contributed by atoms with Gasteiger partial charge in [-0.05, 0) is 39.6 Å². The Morgan fingerprint density at radius 1 is 0.904 bits per heavy atom. The van der Waals surface area contributed by atoms with Crippen LogP contribution in [0.1, 0.15) is 22.4 Å². The van der Waals surface area contributed by atoms with E-state index in [1.165, 1.54) is 21.7 Å². The summed E-state index contributed by atoms with van der Waals surface area (Å²) in [5.41, 5.74) is 3.00. The second kappa shape index (κ2) is 14.9. The standard InChI is InChI=1S/C38H38N8O6/c1-52-36(49)25-43-21-30(40-41-43)22-44-24-35(48)45-33(18-26-14-16-31(47)17-15-26)37(50)42(20-29-12-7-11-28-10-5-6-13-32(28)29)23-34(45)46(44)38(51)39-19-27-8-3-2-4-9-27/h2-17,21,33-34,47H,18-20,22-25H2,1H3,(H,39,51)/t33-,34-/m0/s1. The van der Waals surface area contributed by atoms with E-state index in [0.717, 1.165) is 27.5 Å². The van der Waals surface area contributed by atoms with E-state index in [0.29, 0.717) is 5.69 Å². The molecule has 0 spiro atoms. The number of ether oxygens (including phenoxy) is 1. The molecule has 4 amide bonds. The molecule has 2 fully saturated rings. The Kier molecular flexibility index (Phi) is 9.80. The van der Waals surface area contributed by atoms with Crippen LogP contribution in [0, 0.1) is 0 Å². The van der Waals surface area contributed by atoms with Crippen LogP contribution in [0.15, 0.2) is 103 Å². The Labute approximate surface area is 299 Å². The van der Waals surface area contributed by atoms with Crippen LogP contribution in [-0.4, -0.2) is 96.1 Å². The van der Waals surface area contributed by atoms with Gasteiger partial charge in [-0.2, -0.15) is 5.01 Å². The normalized spacial score (nSPS) is 17.7. The first-order chi connectivity index (χ1) is 25.3. The topological polar surface area (TPSA) is 153 Å². The fraction of sp³-hybridized carbons (Fsp3) is 0.263. The van der Waals surface area contributed by atoms with Crippen molar-refractivity contribution in [3.63, 3.8) is 0 Å². The Hall–Kier alpha value is -6.28. The van der Waals surface area contributed by atoms with Gasteiger partial charge in [0.25, 0.3) is 0 Å². The van der Waals surface area contributed by atoms with Crippen molar-refractivity contribution in [2.45, 2.75) is 44.8 Å². The van der Waals surface area contributed by atoms with Crippen molar-refractivity contribution in [2.75, 3.05) is 20.2 Å². The van der Waals surface area contributed by atoms with Crippen molar-refractivity contribution in [1.82, 2.24) is 40.1 Å². The largest absolute Gasteiger partial charge is 0.508 e. The van der Waals surface area contributed by atoms with Gasteiger partial charge in [0.2, 0.25) is 11.8 Å². The summed E-state index contributed by atoms with van der Waals surface area (Å²) in [6, 6.07) is 28.5. The molecule has 14 nitrogen and oxygen atoms in total. The summed E-state index contributed by atoms with van der Waals surface area (Å²) in [6.45, 7) is 0.188. The number of amides is 4. The van der Waals surface area contributed by atoms with Crippen LogP contribution in [0.3, 0.4) is 0 Å². The minimum atomic E-state index is -0.932. The SMILES string of the molecule is COC(=O)Cn1cc(CN2CC(=O)N3[C@@H](Cc4ccc(O)cc4)C(=O)N(Cc4cccc5ccccc45)C[C@@H]3N2C(=O)NCc2ccccc2)nn1. The number of nitrogens with one attached hydrogen (secondary N) is 1. The Morgan fingerprint density at radius 2 is 1.65 bits per heavy atom. The minimum absolute atomic E-state index is 0.0237. The van der Waals surface area contributed by atoms with Gasteiger partial charge in [-0.3, -0.25) is 14.4 Å². The number of aromatic nitrogens is 3. The number of phenolic OH excluding ortho intramolecular Hbond substituents is 1. The van der Waals surface area contributed by atoms with Gasteiger partial charge < -0.3 is 25.0 Å². The van der Waals surface area contributed by atoms with E-state index in [9.17, 15) is 24.3 Å². The maximum Gasteiger partial charge on any atom is 0.334 e. The summed E-state index contributed by atoms with van der Waals surface area (Å²) in [5, 5.41) is 26.3. The zero-order chi connectivity index (χ0) is 36.2. The fourth-order valence-electron chi connectivity index (χ4n) is 6.89. The number of methoxy groups -OCH3 is 1. The summed E-state index contributed by atoms with van der Waals surface area (Å²) in [6.07, 6.45) is 0.866. The summed E-state index contributed by atoms with van der Waals surface area (Å²) in [5.74, 6) is -0.987. The highest BCUT2D eigenvalue weighted by atomic mass is 16.5. The van der Waals surface area contributed by atoms with Crippen LogP contribution in [-0.2, 0) is 51.7 Å². The average Bonchev–Trinajstić information content (AvgIpc) is 3.59. The number of phenols is 1. The molecule has 1 aromatic heterocycles. The molecule has 2 aliphatic heterocycles. The van der Waals surface area contributed by atoms with E-state index in [1.807, 2.05) is 72.8 Å². The predicted octanol–water partition coefficient (Wildman–Crippen LogP) is 3.06. The molecule has 2 N–H and O–H groups in total. The molecular weight excluding hydrogens is 664 g/mol. The second-order valence-electron chi connectivity index (χ2n) is 12.8. The number of fused-ring (bicyclic) bond motifs is 2. The molecule has 2 saturated heterocycles. The summed E-state index contributed by atoms with van der Waals surface area (Å²) >= 11 is 0. The monoisotopic (exact) mass is 702 g/mol. The number of hydrogen-bond donors (Lipinski definition) is 2. The molecule has 3 heterocycles. The minimum Gasteiger partial charge on any atom is -0.508 e. The number of urea groups is 1. The fourth-order valence-corrected chi connectivity index (χ4v) is 6.89. The van der Waals surface area contributed by atoms with Gasteiger partial charge in [-0.25, -0.2) is 14.5 Å². The molecule has 4 aromatic carbocycles. The lowest BCUT2D eigenvalue weighted by Gasteiger charge is -2.55. The highest BCUT2D eigenvalue weighted by molar-refractivity contribution is 5.92. The number of hydrazine groups is 1. The van der Waals surface area contributed by atoms with Crippen molar-refractivity contribution < 1.29 is 29.0 Å². The molecule has 0 radical (unpaired) electrons. The zero-order valence-corrected chi connectivity index (χ0v) is 28.5. The molecular formula is C38H38N8O6. The first-order valence-corrected chi connectivity index (χ1v) is 16.9. The molecule has 7 rings (SSSR count). The lowest BCUT2D eigenvalue weighted by Crippen LogP contribution is -2.76. The smallest absolute Gasteiger partial charge is 0.334 e. The van der Waals surface area contributed by atoms with Crippen LogP contribution < -0.4 is 5.32 Å².